The fourth-order valence-corrected chi connectivity index (χ4v) is 3.62. The number of alkyl halides is 2. The summed E-state index contributed by atoms with van der Waals surface area (Å²) in [5.74, 6) is -2.82. The molecule has 0 radical (unpaired) electrons. The first kappa shape index (κ1) is 15.2. The summed E-state index contributed by atoms with van der Waals surface area (Å²) in [5, 5.41) is 3.23. The molecule has 4 nitrogen and oxygen atoms in total. The van der Waals surface area contributed by atoms with Crippen LogP contribution in [0.15, 0.2) is 0 Å². The van der Waals surface area contributed by atoms with Gasteiger partial charge in [0.25, 0.3) is 5.92 Å². The third kappa shape index (κ3) is 3.06. The van der Waals surface area contributed by atoms with E-state index in [1.165, 1.54) is 0 Å². The predicted molar refractivity (Wildman–Crippen MR) is 76.3 cm³/mol. The van der Waals surface area contributed by atoms with Gasteiger partial charge in [-0.25, -0.2) is 8.78 Å². The van der Waals surface area contributed by atoms with Gasteiger partial charge in [-0.2, -0.15) is 0 Å². The molecule has 0 aromatic carbocycles. The average Bonchev–Trinajstić information content (AvgIpc) is 2.42. The van der Waals surface area contributed by atoms with Gasteiger partial charge in [0.15, 0.2) is 0 Å². The van der Waals surface area contributed by atoms with Crippen LogP contribution < -0.4 is 5.32 Å². The maximum absolute atomic E-state index is 13.8. The van der Waals surface area contributed by atoms with Crippen molar-refractivity contribution in [1.82, 2.24) is 15.1 Å². The quantitative estimate of drug-likeness (QED) is 0.832. The molecule has 0 aromatic heterocycles. The molecular weight excluding hydrogens is 276 g/mol. The van der Waals surface area contributed by atoms with Crippen LogP contribution in [0, 0.1) is 11.8 Å². The van der Waals surface area contributed by atoms with Crippen molar-refractivity contribution in [2.24, 2.45) is 11.8 Å². The van der Waals surface area contributed by atoms with Crippen molar-refractivity contribution in [3.8, 4) is 0 Å². The van der Waals surface area contributed by atoms with Gasteiger partial charge in [0, 0.05) is 44.1 Å². The molecule has 1 aliphatic carbocycles. The molecule has 3 aliphatic rings. The van der Waals surface area contributed by atoms with Crippen LogP contribution in [0.1, 0.15) is 26.2 Å². The number of rotatable bonds is 2. The minimum Gasteiger partial charge on any atom is -0.340 e. The van der Waals surface area contributed by atoms with E-state index in [-0.39, 0.29) is 24.4 Å². The molecular formula is C15H25F2N3O. The Morgan fingerprint density at radius 3 is 2.48 bits per heavy atom. The van der Waals surface area contributed by atoms with Gasteiger partial charge in [-0.15, -0.1) is 0 Å². The summed E-state index contributed by atoms with van der Waals surface area (Å²) in [5.41, 5.74) is 0. The summed E-state index contributed by atoms with van der Waals surface area (Å²) < 4.78 is 27.6. The molecule has 1 saturated carbocycles. The number of carbonyl (C=O) groups excluding carboxylic acids is 1. The topological polar surface area (TPSA) is 35.6 Å². The van der Waals surface area contributed by atoms with E-state index in [9.17, 15) is 13.6 Å². The van der Waals surface area contributed by atoms with Crippen LogP contribution in [0.25, 0.3) is 0 Å². The smallest absolute Gasteiger partial charge is 0.263 e. The third-order valence-corrected chi connectivity index (χ3v) is 5.39. The van der Waals surface area contributed by atoms with E-state index in [0.29, 0.717) is 6.42 Å². The normalized spacial score (nSPS) is 37.1. The van der Waals surface area contributed by atoms with Crippen molar-refractivity contribution in [2.75, 3.05) is 39.3 Å². The lowest BCUT2D eigenvalue weighted by Crippen LogP contribution is -2.58. The molecule has 21 heavy (non-hydrogen) atoms. The molecule has 1 atom stereocenters. The molecule has 0 unspecified atom stereocenters. The van der Waals surface area contributed by atoms with Gasteiger partial charge in [0.1, 0.15) is 0 Å². The van der Waals surface area contributed by atoms with E-state index in [0.717, 1.165) is 45.6 Å². The van der Waals surface area contributed by atoms with Crippen molar-refractivity contribution in [2.45, 2.75) is 38.2 Å². The molecule has 3 fully saturated rings. The monoisotopic (exact) mass is 301 g/mol. The van der Waals surface area contributed by atoms with Gasteiger partial charge in [-0.3, -0.25) is 9.69 Å². The Morgan fingerprint density at radius 2 is 1.86 bits per heavy atom. The first-order valence-corrected chi connectivity index (χ1v) is 8.09. The van der Waals surface area contributed by atoms with Crippen molar-refractivity contribution in [3.63, 3.8) is 0 Å². The molecule has 1 N–H and O–H groups in total. The van der Waals surface area contributed by atoms with Crippen LogP contribution in [0.4, 0.5) is 8.78 Å². The van der Waals surface area contributed by atoms with E-state index in [1.54, 1.807) is 6.92 Å². The van der Waals surface area contributed by atoms with E-state index < -0.39 is 11.8 Å². The largest absolute Gasteiger partial charge is 0.340 e. The Morgan fingerprint density at radius 1 is 1.19 bits per heavy atom. The number of carbonyl (C=O) groups is 1. The van der Waals surface area contributed by atoms with Gasteiger partial charge in [-0.05, 0) is 25.8 Å². The number of amides is 1. The summed E-state index contributed by atoms with van der Waals surface area (Å²) in [7, 11) is 0. The fraction of sp³-hybridized carbons (Fsp3) is 0.933. The minimum atomic E-state index is -2.58. The zero-order valence-electron chi connectivity index (χ0n) is 12.7. The van der Waals surface area contributed by atoms with Gasteiger partial charge in [0.05, 0.1) is 6.54 Å². The second kappa shape index (κ2) is 5.80. The highest BCUT2D eigenvalue weighted by Crippen LogP contribution is 2.39. The highest BCUT2D eigenvalue weighted by molar-refractivity contribution is 5.80. The van der Waals surface area contributed by atoms with Crippen LogP contribution in [0.2, 0.25) is 0 Å². The lowest BCUT2D eigenvalue weighted by atomic mass is 9.77. The fourth-order valence-electron chi connectivity index (χ4n) is 3.62. The van der Waals surface area contributed by atoms with E-state index >= 15 is 0 Å². The van der Waals surface area contributed by atoms with Crippen LogP contribution in [-0.4, -0.2) is 66.9 Å². The van der Waals surface area contributed by atoms with Crippen LogP contribution in [-0.2, 0) is 4.79 Å². The number of piperidine rings is 1. The standard InChI is InChI=1S/C15H25F2N3O/c1-11-2-5-20(10-15(11,16)17)13-8-12(9-13)14(21)19-6-3-18-4-7-19/h11-13,18H,2-10H2,1H3/t11-,12?,13?/m0/s1. The number of nitrogens with one attached hydrogen (secondary N) is 1. The molecule has 0 bridgehead atoms. The summed E-state index contributed by atoms with van der Waals surface area (Å²) in [6.45, 7) is 5.52. The Hall–Kier alpha value is -0.750. The van der Waals surface area contributed by atoms with Crippen molar-refractivity contribution >= 4 is 5.91 Å². The molecule has 0 aromatic rings. The number of halogens is 2. The Kier molecular flexibility index (Phi) is 4.19. The number of hydrogen-bond donors (Lipinski definition) is 1. The van der Waals surface area contributed by atoms with Gasteiger partial charge in [0.2, 0.25) is 5.91 Å². The van der Waals surface area contributed by atoms with Crippen LogP contribution >= 0.6 is 0 Å². The Labute approximate surface area is 124 Å². The highest BCUT2D eigenvalue weighted by atomic mass is 19.3. The molecule has 3 rings (SSSR count). The van der Waals surface area contributed by atoms with E-state index in [1.807, 2.05) is 9.80 Å². The third-order valence-electron chi connectivity index (χ3n) is 5.39. The number of nitrogens with zero attached hydrogens (tertiary/aromatic N) is 2. The summed E-state index contributed by atoms with van der Waals surface area (Å²) in [6.07, 6.45) is 2.07. The molecule has 1 amide bonds. The van der Waals surface area contributed by atoms with Crippen molar-refractivity contribution < 1.29 is 13.6 Å². The second-order valence-electron chi connectivity index (χ2n) is 6.82. The maximum Gasteiger partial charge on any atom is 0.263 e. The van der Waals surface area contributed by atoms with E-state index in [4.69, 9.17) is 0 Å². The second-order valence-corrected chi connectivity index (χ2v) is 6.82. The first-order chi connectivity index (χ1) is 9.97. The summed E-state index contributed by atoms with van der Waals surface area (Å²) in [4.78, 5) is 16.1. The highest BCUT2D eigenvalue weighted by Gasteiger charge is 2.47. The van der Waals surface area contributed by atoms with Crippen molar-refractivity contribution in [3.05, 3.63) is 0 Å². The zero-order chi connectivity index (χ0) is 15.0. The SMILES string of the molecule is C[C@H]1CCN(C2CC(C(=O)N3CCNCC3)C2)CC1(F)F. The van der Waals surface area contributed by atoms with Gasteiger partial charge < -0.3 is 10.2 Å². The van der Waals surface area contributed by atoms with Gasteiger partial charge >= 0.3 is 0 Å². The van der Waals surface area contributed by atoms with Gasteiger partial charge in [-0.1, -0.05) is 6.92 Å². The summed E-state index contributed by atoms with van der Waals surface area (Å²) >= 11 is 0. The first-order valence-electron chi connectivity index (χ1n) is 8.09. The molecule has 6 heteroatoms. The Bertz CT molecular complexity index is 392. The maximum atomic E-state index is 13.8. The molecule has 2 saturated heterocycles. The molecule has 0 spiro atoms. The van der Waals surface area contributed by atoms with Crippen LogP contribution in [0.3, 0.4) is 0 Å². The lowest BCUT2D eigenvalue weighted by Gasteiger charge is -2.48. The number of hydrogen-bond acceptors (Lipinski definition) is 3. The Balaban J connectivity index is 1.48. The minimum absolute atomic E-state index is 0.0565. The summed E-state index contributed by atoms with van der Waals surface area (Å²) in [6, 6.07) is 0.181. The predicted octanol–water partition coefficient (Wildman–Crippen LogP) is 1.17. The van der Waals surface area contributed by atoms with Crippen LogP contribution in [0.5, 0.6) is 0 Å². The average molecular weight is 301 g/mol. The zero-order valence-corrected chi connectivity index (χ0v) is 12.7. The number of piperazine rings is 1. The number of likely N-dealkylation sites (tertiary alicyclic amines) is 1. The van der Waals surface area contributed by atoms with E-state index in [2.05, 4.69) is 5.32 Å². The molecule has 2 heterocycles. The van der Waals surface area contributed by atoms with Crippen molar-refractivity contribution in [1.29, 1.82) is 0 Å². The lowest BCUT2D eigenvalue weighted by molar-refractivity contribution is -0.147. The molecule has 2 aliphatic heterocycles. The molecule has 120 valence electrons.